The maximum Gasteiger partial charge on any atom is 0.219 e. The number of hydrogen-bond acceptors (Lipinski definition) is 4. The second kappa shape index (κ2) is 11.0. The zero-order valence-corrected chi connectivity index (χ0v) is 15.7. The van der Waals surface area contributed by atoms with Gasteiger partial charge in [-0.3, -0.25) is 9.59 Å². The Labute approximate surface area is 150 Å². The Morgan fingerprint density at radius 3 is 2.00 bits per heavy atom. The van der Waals surface area contributed by atoms with Crippen molar-refractivity contribution in [3.8, 4) is 0 Å². The van der Waals surface area contributed by atoms with E-state index in [0.29, 0.717) is 36.4 Å². The Hall–Kier alpha value is -0.770. The standard InChI is InChI=1S/C20H32O3S/c21-18(14-10-13-17-19(22)15-24-20(17)23)16-11-8-6-4-2-1-3-5-7-9-12-16/h16,22H,1-15H2. The number of Topliss-reactive ketones (excluding diaryl/α,β-unsaturated/α-hetero) is 1. The third kappa shape index (κ3) is 6.62. The minimum absolute atomic E-state index is 0.00837. The molecule has 2 aliphatic rings. The quantitative estimate of drug-likeness (QED) is 0.686. The number of aliphatic hydroxyl groups is 1. The van der Waals surface area contributed by atoms with Crippen LogP contribution >= 0.6 is 11.8 Å². The highest BCUT2D eigenvalue weighted by atomic mass is 32.2. The first-order valence-corrected chi connectivity index (χ1v) is 10.8. The zero-order chi connectivity index (χ0) is 17.2. The monoisotopic (exact) mass is 352 g/mol. The molecule has 0 atom stereocenters. The average Bonchev–Trinajstić information content (AvgIpc) is 2.87. The summed E-state index contributed by atoms with van der Waals surface area (Å²) in [6.45, 7) is 0. The topological polar surface area (TPSA) is 54.4 Å². The maximum atomic E-state index is 12.6. The number of rotatable bonds is 5. The van der Waals surface area contributed by atoms with Gasteiger partial charge in [0, 0.05) is 17.9 Å². The summed E-state index contributed by atoms with van der Waals surface area (Å²) in [6.07, 6.45) is 15.5. The van der Waals surface area contributed by atoms with Crippen molar-refractivity contribution in [3.63, 3.8) is 0 Å². The third-order valence-corrected chi connectivity index (χ3v) is 6.27. The molecule has 0 aromatic heterocycles. The highest BCUT2D eigenvalue weighted by molar-refractivity contribution is 8.14. The van der Waals surface area contributed by atoms with Gasteiger partial charge in [-0.2, -0.15) is 0 Å². The van der Waals surface area contributed by atoms with Gasteiger partial charge in [-0.05, 0) is 25.7 Å². The van der Waals surface area contributed by atoms with E-state index in [9.17, 15) is 14.7 Å². The van der Waals surface area contributed by atoms with Crippen LogP contribution in [0.3, 0.4) is 0 Å². The number of aliphatic hydroxyl groups excluding tert-OH is 1. The van der Waals surface area contributed by atoms with Crippen LogP contribution in [0, 0.1) is 5.92 Å². The van der Waals surface area contributed by atoms with Crippen molar-refractivity contribution in [1.82, 2.24) is 0 Å². The van der Waals surface area contributed by atoms with Gasteiger partial charge in [-0.1, -0.05) is 69.5 Å². The van der Waals surface area contributed by atoms with Gasteiger partial charge in [0.2, 0.25) is 5.12 Å². The lowest BCUT2D eigenvalue weighted by Gasteiger charge is -2.17. The molecule has 1 aliphatic heterocycles. The Bertz CT molecular complexity index is 444. The van der Waals surface area contributed by atoms with Crippen LogP contribution in [-0.2, 0) is 9.59 Å². The molecule has 1 saturated carbocycles. The second-order valence-corrected chi connectivity index (χ2v) is 8.23. The fourth-order valence-electron chi connectivity index (χ4n) is 3.80. The first kappa shape index (κ1) is 19.6. The predicted molar refractivity (Wildman–Crippen MR) is 100 cm³/mol. The Morgan fingerprint density at radius 1 is 0.958 bits per heavy atom. The van der Waals surface area contributed by atoms with Crippen molar-refractivity contribution in [2.45, 2.75) is 89.9 Å². The molecule has 0 bridgehead atoms. The Balaban J connectivity index is 1.75. The minimum atomic E-state index is -0.00837. The van der Waals surface area contributed by atoms with Crippen molar-refractivity contribution < 1.29 is 14.7 Å². The maximum absolute atomic E-state index is 12.6. The smallest absolute Gasteiger partial charge is 0.219 e. The molecule has 0 spiro atoms. The number of hydrogen-bond donors (Lipinski definition) is 1. The number of carbonyl (C=O) groups excluding carboxylic acids is 2. The molecule has 2 rings (SSSR count). The molecule has 0 radical (unpaired) electrons. The Morgan fingerprint density at radius 2 is 1.50 bits per heavy atom. The lowest BCUT2D eigenvalue weighted by atomic mass is 9.87. The van der Waals surface area contributed by atoms with Crippen molar-refractivity contribution in [1.29, 1.82) is 0 Å². The van der Waals surface area contributed by atoms with E-state index in [2.05, 4.69) is 0 Å². The first-order chi connectivity index (χ1) is 11.7. The van der Waals surface area contributed by atoms with Crippen LogP contribution in [0.15, 0.2) is 11.3 Å². The summed E-state index contributed by atoms with van der Waals surface area (Å²) in [7, 11) is 0. The van der Waals surface area contributed by atoms with Gasteiger partial charge in [0.1, 0.15) is 11.5 Å². The van der Waals surface area contributed by atoms with Crippen molar-refractivity contribution >= 4 is 22.7 Å². The van der Waals surface area contributed by atoms with Gasteiger partial charge in [0.25, 0.3) is 0 Å². The largest absolute Gasteiger partial charge is 0.511 e. The first-order valence-electron chi connectivity index (χ1n) is 9.79. The molecule has 24 heavy (non-hydrogen) atoms. The molecule has 0 aromatic carbocycles. The molecule has 1 fully saturated rings. The lowest BCUT2D eigenvalue weighted by Crippen LogP contribution is -2.15. The van der Waals surface area contributed by atoms with E-state index in [4.69, 9.17) is 0 Å². The summed E-state index contributed by atoms with van der Waals surface area (Å²) >= 11 is 1.17. The molecule has 0 amide bonds. The van der Waals surface area contributed by atoms with Crippen molar-refractivity contribution in [2.75, 3.05) is 5.75 Å². The third-order valence-electron chi connectivity index (χ3n) is 5.35. The van der Waals surface area contributed by atoms with Gasteiger partial charge < -0.3 is 5.11 Å². The van der Waals surface area contributed by atoms with Crippen LogP contribution < -0.4 is 0 Å². The molecule has 3 nitrogen and oxygen atoms in total. The van der Waals surface area contributed by atoms with E-state index in [-0.39, 0.29) is 16.8 Å². The zero-order valence-electron chi connectivity index (χ0n) is 14.9. The number of carbonyl (C=O) groups is 2. The highest BCUT2D eigenvalue weighted by Gasteiger charge is 2.24. The van der Waals surface area contributed by atoms with Crippen LogP contribution in [0.25, 0.3) is 0 Å². The van der Waals surface area contributed by atoms with E-state index in [0.717, 1.165) is 12.8 Å². The molecule has 1 heterocycles. The van der Waals surface area contributed by atoms with Gasteiger partial charge >= 0.3 is 0 Å². The lowest BCUT2D eigenvalue weighted by molar-refractivity contribution is -0.123. The van der Waals surface area contributed by atoms with Gasteiger partial charge in [0.15, 0.2) is 0 Å². The fraction of sp³-hybridized carbons (Fsp3) is 0.800. The van der Waals surface area contributed by atoms with Crippen molar-refractivity contribution in [3.05, 3.63) is 11.3 Å². The summed E-state index contributed by atoms with van der Waals surface area (Å²) in [4.78, 5) is 24.2. The molecule has 0 saturated heterocycles. The van der Waals surface area contributed by atoms with Crippen molar-refractivity contribution in [2.24, 2.45) is 5.92 Å². The fourth-order valence-corrected chi connectivity index (χ4v) is 4.64. The van der Waals surface area contributed by atoms with E-state index < -0.39 is 0 Å². The summed E-state index contributed by atoms with van der Waals surface area (Å²) in [6, 6.07) is 0. The number of ketones is 1. The minimum Gasteiger partial charge on any atom is -0.511 e. The SMILES string of the molecule is O=C1SCC(O)=C1CCCC(=O)C1CCCCCCCCCCC1. The van der Waals surface area contributed by atoms with Gasteiger partial charge in [-0.25, -0.2) is 0 Å². The molecule has 1 aliphatic carbocycles. The van der Waals surface area contributed by atoms with E-state index in [1.54, 1.807) is 0 Å². The van der Waals surface area contributed by atoms with Gasteiger partial charge in [-0.15, -0.1) is 0 Å². The molecule has 4 heteroatoms. The molecular weight excluding hydrogens is 320 g/mol. The molecule has 0 unspecified atom stereocenters. The van der Waals surface area contributed by atoms with Crippen LogP contribution in [0.1, 0.15) is 89.9 Å². The molecular formula is C20H32O3S. The van der Waals surface area contributed by atoms with E-state index in [1.165, 1.54) is 69.5 Å². The summed E-state index contributed by atoms with van der Waals surface area (Å²) in [5.74, 6) is 1.24. The van der Waals surface area contributed by atoms with Crippen LogP contribution in [0.5, 0.6) is 0 Å². The van der Waals surface area contributed by atoms with Crippen LogP contribution in [-0.4, -0.2) is 21.8 Å². The average molecular weight is 353 g/mol. The second-order valence-electron chi connectivity index (χ2n) is 7.28. The normalized spacial score (nSPS) is 22.2. The van der Waals surface area contributed by atoms with Crippen LogP contribution in [0.2, 0.25) is 0 Å². The van der Waals surface area contributed by atoms with Crippen LogP contribution in [0.4, 0.5) is 0 Å². The van der Waals surface area contributed by atoms with E-state index in [1.807, 2.05) is 0 Å². The summed E-state index contributed by atoms with van der Waals surface area (Å²) < 4.78 is 0. The highest BCUT2D eigenvalue weighted by Crippen LogP contribution is 2.29. The number of thioether (sulfide) groups is 1. The predicted octanol–water partition coefficient (Wildman–Crippen LogP) is 5.73. The van der Waals surface area contributed by atoms with E-state index >= 15 is 0 Å². The molecule has 0 aromatic rings. The molecule has 1 N–H and O–H groups in total. The summed E-state index contributed by atoms with van der Waals surface area (Å²) in [5.41, 5.74) is 0.548. The molecule has 136 valence electrons. The Kier molecular flexibility index (Phi) is 8.93. The summed E-state index contributed by atoms with van der Waals surface area (Å²) in [5, 5.41) is 9.69. The van der Waals surface area contributed by atoms with Gasteiger partial charge in [0.05, 0.1) is 5.75 Å².